The highest BCUT2D eigenvalue weighted by Gasteiger charge is 2.49. The van der Waals surface area contributed by atoms with E-state index in [9.17, 15) is 9.90 Å². The third-order valence-electron chi connectivity index (χ3n) is 3.64. The van der Waals surface area contributed by atoms with Gasteiger partial charge in [-0.1, -0.05) is 5.92 Å². The lowest BCUT2D eigenvalue weighted by Gasteiger charge is -2.41. The fourth-order valence-electron chi connectivity index (χ4n) is 2.96. The average molecular weight is 251 g/mol. The fourth-order valence-corrected chi connectivity index (χ4v) is 2.96. The molecule has 2 heterocycles. The van der Waals surface area contributed by atoms with Crippen LogP contribution in [0.25, 0.3) is 0 Å². The summed E-state index contributed by atoms with van der Waals surface area (Å²) < 4.78 is 5.41. The Morgan fingerprint density at radius 2 is 1.89 bits per heavy atom. The molecule has 0 saturated carbocycles. The van der Waals surface area contributed by atoms with Gasteiger partial charge >= 0.3 is 6.09 Å². The van der Waals surface area contributed by atoms with Crippen molar-refractivity contribution in [3.8, 4) is 12.3 Å². The number of hydrogen-bond acceptors (Lipinski definition) is 3. The Kier molecular flexibility index (Phi) is 3.06. The Labute approximate surface area is 108 Å². The van der Waals surface area contributed by atoms with E-state index < -0.39 is 11.2 Å². The van der Waals surface area contributed by atoms with Crippen LogP contribution >= 0.6 is 0 Å². The molecule has 18 heavy (non-hydrogen) atoms. The van der Waals surface area contributed by atoms with Gasteiger partial charge in [0.1, 0.15) is 11.2 Å². The number of fused-ring (bicyclic) bond motifs is 2. The summed E-state index contributed by atoms with van der Waals surface area (Å²) in [5.74, 6) is 2.47. The Balaban J connectivity index is 2.10. The van der Waals surface area contributed by atoms with Crippen LogP contribution in [-0.4, -0.2) is 39.4 Å². The van der Waals surface area contributed by atoms with E-state index in [0.717, 1.165) is 12.8 Å². The average Bonchev–Trinajstić information content (AvgIpc) is 2.50. The summed E-state index contributed by atoms with van der Waals surface area (Å²) in [6.45, 7) is 5.57. The Morgan fingerprint density at radius 1 is 1.39 bits per heavy atom. The number of rotatable bonds is 0. The molecule has 4 nitrogen and oxygen atoms in total. The van der Waals surface area contributed by atoms with Crippen LogP contribution in [0.5, 0.6) is 0 Å². The third-order valence-corrected chi connectivity index (χ3v) is 3.64. The first-order valence-electron chi connectivity index (χ1n) is 6.45. The molecule has 2 aliphatic rings. The highest BCUT2D eigenvalue weighted by Crippen LogP contribution is 2.41. The van der Waals surface area contributed by atoms with Crippen LogP contribution in [0.3, 0.4) is 0 Å². The summed E-state index contributed by atoms with van der Waals surface area (Å²) in [6, 6.07) is 0.0271. The first-order valence-corrected chi connectivity index (χ1v) is 6.45. The van der Waals surface area contributed by atoms with Gasteiger partial charge in [-0.15, -0.1) is 6.42 Å². The zero-order chi connectivity index (χ0) is 13.6. The number of hydrogen-bond donors (Lipinski definition) is 1. The minimum absolute atomic E-state index is 0.0136. The van der Waals surface area contributed by atoms with Gasteiger partial charge in [0.05, 0.1) is 0 Å². The van der Waals surface area contributed by atoms with Crippen molar-refractivity contribution >= 4 is 6.09 Å². The predicted molar refractivity (Wildman–Crippen MR) is 67.9 cm³/mol. The topological polar surface area (TPSA) is 49.8 Å². The molecule has 0 aromatic heterocycles. The quantitative estimate of drug-likeness (QED) is 0.669. The van der Waals surface area contributed by atoms with Crippen LogP contribution in [-0.2, 0) is 4.74 Å². The van der Waals surface area contributed by atoms with E-state index in [1.807, 2.05) is 20.8 Å². The molecule has 2 rings (SSSR count). The smallest absolute Gasteiger partial charge is 0.410 e. The van der Waals surface area contributed by atoms with E-state index in [4.69, 9.17) is 11.2 Å². The summed E-state index contributed by atoms with van der Waals surface area (Å²) in [6.07, 6.45) is 7.80. The Bertz CT molecular complexity index is 377. The molecule has 4 heteroatoms. The second kappa shape index (κ2) is 4.17. The molecule has 0 aliphatic carbocycles. The molecule has 2 unspecified atom stereocenters. The molecule has 100 valence electrons. The normalized spacial score (nSPS) is 35.2. The molecule has 2 fully saturated rings. The van der Waals surface area contributed by atoms with Crippen molar-refractivity contribution in [2.24, 2.45) is 0 Å². The van der Waals surface area contributed by atoms with Gasteiger partial charge in [0.25, 0.3) is 0 Å². The number of carbonyl (C=O) groups excluding carboxylic acids is 1. The van der Waals surface area contributed by atoms with Crippen LogP contribution in [0.2, 0.25) is 0 Å². The van der Waals surface area contributed by atoms with Gasteiger partial charge in [-0.2, -0.15) is 0 Å². The monoisotopic (exact) mass is 251 g/mol. The first kappa shape index (κ1) is 13.2. The summed E-state index contributed by atoms with van der Waals surface area (Å²) >= 11 is 0. The van der Waals surface area contributed by atoms with E-state index >= 15 is 0 Å². The zero-order valence-electron chi connectivity index (χ0n) is 11.3. The van der Waals surface area contributed by atoms with Crippen LogP contribution in [0.15, 0.2) is 0 Å². The molecule has 0 aromatic rings. The molecule has 2 atom stereocenters. The first-order chi connectivity index (χ1) is 8.24. The van der Waals surface area contributed by atoms with E-state index in [-0.39, 0.29) is 18.2 Å². The minimum Gasteiger partial charge on any atom is -0.444 e. The molecular formula is C14H21NO3. The van der Waals surface area contributed by atoms with Crippen molar-refractivity contribution in [1.29, 1.82) is 0 Å². The number of terminal acetylenes is 1. The molecular weight excluding hydrogens is 230 g/mol. The molecule has 1 amide bonds. The predicted octanol–water partition coefficient (Wildman–Crippen LogP) is 1.91. The van der Waals surface area contributed by atoms with Gasteiger partial charge < -0.3 is 14.7 Å². The maximum Gasteiger partial charge on any atom is 0.410 e. The number of ether oxygens (including phenoxy) is 1. The van der Waals surface area contributed by atoms with Gasteiger partial charge in [-0.3, -0.25) is 0 Å². The van der Waals surface area contributed by atoms with Gasteiger partial charge in [-0.05, 0) is 33.6 Å². The second-order valence-electron chi connectivity index (χ2n) is 6.36. The van der Waals surface area contributed by atoms with E-state index in [2.05, 4.69) is 5.92 Å². The third kappa shape index (κ3) is 2.46. The SMILES string of the molecule is C#CC1(O)CC2CCC(C1)N2C(=O)OC(C)(C)C. The number of carbonyl (C=O) groups is 1. The van der Waals surface area contributed by atoms with E-state index in [1.54, 1.807) is 4.90 Å². The summed E-state index contributed by atoms with van der Waals surface area (Å²) in [7, 11) is 0. The van der Waals surface area contributed by atoms with Gasteiger partial charge in [0.15, 0.2) is 0 Å². The van der Waals surface area contributed by atoms with Crippen LogP contribution < -0.4 is 0 Å². The van der Waals surface area contributed by atoms with Crippen molar-refractivity contribution in [2.45, 2.75) is 69.7 Å². The van der Waals surface area contributed by atoms with Gasteiger partial charge in [-0.25, -0.2) is 4.79 Å². The molecule has 2 bridgehead atoms. The van der Waals surface area contributed by atoms with E-state index in [0.29, 0.717) is 12.8 Å². The highest BCUT2D eigenvalue weighted by molar-refractivity contribution is 5.69. The Hall–Kier alpha value is -1.21. The van der Waals surface area contributed by atoms with E-state index in [1.165, 1.54) is 0 Å². The van der Waals surface area contributed by atoms with Crippen molar-refractivity contribution < 1.29 is 14.6 Å². The number of amides is 1. The largest absolute Gasteiger partial charge is 0.444 e. The fraction of sp³-hybridized carbons (Fsp3) is 0.786. The number of nitrogens with zero attached hydrogens (tertiary/aromatic N) is 1. The van der Waals surface area contributed by atoms with Crippen LogP contribution in [0.1, 0.15) is 46.5 Å². The van der Waals surface area contributed by atoms with Gasteiger partial charge in [0.2, 0.25) is 0 Å². The van der Waals surface area contributed by atoms with Crippen LogP contribution in [0.4, 0.5) is 4.79 Å². The lowest BCUT2D eigenvalue weighted by Crippen LogP contribution is -2.53. The summed E-state index contributed by atoms with van der Waals surface area (Å²) in [4.78, 5) is 13.9. The maximum absolute atomic E-state index is 12.1. The maximum atomic E-state index is 12.1. The van der Waals surface area contributed by atoms with Crippen molar-refractivity contribution in [1.82, 2.24) is 4.90 Å². The van der Waals surface area contributed by atoms with Crippen molar-refractivity contribution in [2.75, 3.05) is 0 Å². The minimum atomic E-state index is -1.05. The summed E-state index contributed by atoms with van der Waals surface area (Å²) in [5.41, 5.74) is -1.54. The second-order valence-corrected chi connectivity index (χ2v) is 6.36. The van der Waals surface area contributed by atoms with Crippen LogP contribution in [0, 0.1) is 12.3 Å². The van der Waals surface area contributed by atoms with Gasteiger partial charge in [0, 0.05) is 24.9 Å². The molecule has 0 aromatic carbocycles. The molecule has 1 N–H and O–H groups in total. The standard InChI is InChI=1S/C14H21NO3/c1-5-14(17)8-10-6-7-11(9-14)15(10)12(16)18-13(2,3)4/h1,10-11,17H,6-9H2,2-4H3. The lowest BCUT2D eigenvalue weighted by molar-refractivity contribution is -0.0309. The molecule has 0 radical (unpaired) electrons. The summed E-state index contributed by atoms with van der Waals surface area (Å²) in [5, 5.41) is 10.2. The zero-order valence-corrected chi connectivity index (χ0v) is 11.3. The number of piperidine rings is 1. The van der Waals surface area contributed by atoms with Crippen molar-refractivity contribution in [3.63, 3.8) is 0 Å². The highest BCUT2D eigenvalue weighted by atomic mass is 16.6. The van der Waals surface area contributed by atoms with Crippen molar-refractivity contribution in [3.05, 3.63) is 0 Å². The number of aliphatic hydroxyl groups is 1. The molecule has 2 aliphatic heterocycles. The lowest BCUT2D eigenvalue weighted by atomic mass is 9.87. The Morgan fingerprint density at radius 3 is 2.28 bits per heavy atom. The molecule has 2 saturated heterocycles. The molecule has 0 spiro atoms.